The highest BCUT2D eigenvalue weighted by Gasteiger charge is 2.45. The number of aryl methyl sites for hydroxylation is 2. The van der Waals surface area contributed by atoms with Gasteiger partial charge in [0.2, 0.25) is 5.91 Å². The average Bonchev–Trinajstić information content (AvgIpc) is 2.61. The summed E-state index contributed by atoms with van der Waals surface area (Å²) in [5.41, 5.74) is 2.31. The number of carbonyl (C=O) groups excluding carboxylic acids is 1. The van der Waals surface area contributed by atoms with Crippen LogP contribution in [0, 0.1) is 13.8 Å². The summed E-state index contributed by atoms with van der Waals surface area (Å²) in [4.78, 5) is 25.3. The topological polar surface area (TPSA) is 84.7 Å². The summed E-state index contributed by atoms with van der Waals surface area (Å²) in [5, 5.41) is 13.8. The molecule has 2 unspecified atom stereocenters. The highest BCUT2D eigenvalue weighted by atomic mass is 16.5. The van der Waals surface area contributed by atoms with Gasteiger partial charge in [-0.1, -0.05) is 0 Å². The number of hydrogen-bond acceptors (Lipinski definition) is 4. The number of nitrogens with zero attached hydrogens (tertiary/aromatic N) is 3. The predicted octanol–water partition coefficient (Wildman–Crippen LogP) is 0.798. The summed E-state index contributed by atoms with van der Waals surface area (Å²) in [7, 11) is 1.80. The Morgan fingerprint density at radius 3 is 2.48 bits per heavy atom. The van der Waals surface area contributed by atoms with Crippen molar-refractivity contribution in [2.75, 3.05) is 6.61 Å². The fourth-order valence-corrected chi connectivity index (χ4v) is 2.95. The van der Waals surface area contributed by atoms with Gasteiger partial charge < -0.3 is 14.7 Å². The standard InChI is InChI=1S/C14H21N3O4/c1-7(2)17-10(18)6-21-13(14(19)20)12(17)11-8(3)15-16(5)9(11)4/h7,12-13H,6H2,1-5H3,(H,19,20). The van der Waals surface area contributed by atoms with E-state index in [9.17, 15) is 14.7 Å². The third-order valence-corrected chi connectivity index (χ3v) is 3.92. The third-order valence-electron chi connectivity index (χ3n) is 3.92. The summed E-state index contributed by atoms with van der Waals surface area (Å²) in [6.07, 6.45) is -1.08. The number of ether oxygens (including phenoxy) is 1. The van der Waals surface area contributed by atoms with E-state index in [1.54, 1.807) is 16.6 Å². The van der Waals surface area contributed by atoms with E-state index in [2.05, 4.69) is 5.10 Å². The number of carbonyl (C=O) groups is 2. The van der Waals surface area contributed by atoms with E-state index in [0.29, 0.717) is 0 Å². The first-order chi connectivity index (χ1) is 9.75. The van der Waals surface area contributed by atoms with Gasteiger partial charge in [0, 0.05) is 24.3 Å². The molecular formula is C14H21N3O4. The van der Waals surface area contributed by atoms with Crippen LogP contribution in [0.5, 0.6) is 0 Å². The molecule has 1 aromatic heterocycles. The summed E-state index contributed by atoms with van der Waals surface area (Å²) in [5.74, 6) is -1.27. The van der Waals surface area contributed by atoms with E-state index in [4.69, 9.17) is 4.74 Å². The highest BCUT2D eigenvalue weighted by molar-refractivity contribution is 5.83. The molecule has 21 heavy (non-hydrogen) atoms. The van der Waals surface area contributed by atoms with Crippen molar-refractivity contribution in [1.29, 1.82) is 0 Å². The zero-order chi connectivity index (χ0) is 15.9. The van der Waals surface area contributed by atoms with Crippen molar-refractivity contribution < 1.29 is 19.4 Å². The number of hydrogen-bond donors (Lipinski definition) is 1. The molecule has 0 aliphatic carbocycles. The maximum atomic E-state index is 12.2. The number of rotatable bonds is 3. The maximum absolute atomic E-state index is 12.2. The normalized spacial score (nSPS) is 23.0. The highest BCUT2D eigenvalue weighted by Crippen LogP contribution is 2.35. The zero-order valence-electron chi connectivity index (χ0n) is 13.0. The SMILES string of the molecule is Cc1nn(C)c(C)c1C1C(C(=O)O)OCC(=O)N1C(C)C. The monoisotopic (exact) mass is 295 g/mol. The van der Waals surface area contributed by atoms with Crippen LogP contribution in [0.25, 0.3) is 0 Å². The Hall–Kier alpha value is -1.89. The Morgan fingerprint density at radius 2 is 2.05 bits per heavy atom. The number of morpholine rings is 1. The number of carboxylic acid groups (broad SMARTS) is 1. The fourth-order valence-electron chi connectivity index (χ4n) is 2.95. The fraction of sp³-hybridized carbons (Fsp3) is 0.643. The number of aliphatic carboxylic acids is 1. The smallest absolute Gasteiger partial charge is 0.335 e. The number of aromatic nitrogens is 2. The molecule has 2 rings (SSSR count). The van der Waals surface area contributed by atoms with Gasteiger partial charge in [-0.15, -0.1) is 0 Å². The van der Waals surface area contributed by atoms with E-state index in [1.165, 1.54) is 0 Å². The molecule has 1 fully saturated rings. The molecule has 0 radical (unpaired) electrons. The minimum absolute atomic E-state index is 0.118. The lowest BCUT2D eigenvalue weighted by Gasteiger charge is -2.42. The van der Waals surface area contributed by atoms with Crippen LogP contribution in [0.15, 0.2) is 0 Å². The first-order valence-corrected chi connectivity index (χ1v) is 6.91. The molecule has 1 aliphatic heterocycles. The molecule has 0 bridgehead atoms. The van der Waals surface area contributed by atoms with Crippen LogP contribution in [0.2, 0.25) is 0 Å². The largest absolute Gasteiger partial charge is 0.479 e. The molecule has 1 amide bonds. The van der Waals surface area contributed by atoms with Crippen molar-refractivity contribution in [3.8, 4) is 0 Å². The minimum atomic E-state index is -1.08. The van der Waals surface area contributed by atoms with E-state index in [1.807, 2.05) is 27.7 Å². The molecule has 0 spiro atoms. The van der Waals surface area contributed by atoms with Crippen molar-refractivity contribution >= 4 is 11.9 Å². The number of carboxylic acids is 1. The van der Waals surface area contributed by atoms with E-state index in [-0.39, 0.29) is 18.6 Å². The van der Waals surface area contributed by atoms with Gasteiger partial charge in [-0.3, -0.25) is 9.48 Å². The molecule has 0 saturated carbocycles. The predicted molar refractivity (Wildman–Crippen MR) is 74.8 cm³/mol. The van der Waals surface area contributed by atoms with Gasteiger partial charge in [0.15, 0.2) is 6.10 Å². The summed E-state index contributed by atoms with van der Waals surface area (Å²) in [6.45, 7) is 7.22. The van der Waals surface area contributed by atoms with Crippen LogP contribution in [0.1, 0.15) is 36.8 Å². The van der Waals surface area contributed by atoms with Gasteiger partial charge in [-0.2, -0.15) is 5.10 Å². The Kier molecular flexibility index (Phi) is 4.04. The van der Waals surface area contributed by atoms with Gasteiger partial charge in [0.1, 0.15) is 6.61 Å². The van der Waals surface area contributed by atoms with E-state index < -0.39 is 18.1 Å². The quantitative estimate of drug-likeness (QED) is 0.891. The summed E-state index contributed by atoms with van der Waals surface area (Å²) < 4.78 is 6.99. The van der Waals surface area contributed by atoms with Gasteiger partial charge in [-0.25, -0.2) is 4.79 Å². The molecule has 2 atom stereocenters. The second kappa shape index (κ2) is 5.48. The van der Waals surface area contributed by atoms with E-state index in [0.717, 1.165) is 17.0 Å². The second-order valence-electron chi connectivity index (χ2n) is 5.62. The molecule has 7 nitrogen and oxygen atoms in total. The second-order valence-corrected chi connectivity index (χ2v) is 5.62. The Labute approximate surface area is 123 Å². The van der Waals surface area contributed by atoms with Crippen LogP contribution in [-0.2, 0) is 21.4 Å². The maximum Gasteiger partial charge on any atom is 0.335 e. The van der Waals surface area contributed by atoms with Gasteiger partial charge >= 0.3 is 5.97 Å². The molecule has 2 heterocycles. The van der Waals surface area contributed by atoms with Crippen LogP contribution >= 0.6 is 0 Å². The van der Waals surface area contributed by atoms with Crippen molar-refractivity contribution in [3.05, 3.63) is 17.0 Å². The van der Waals surface area contributed by atoms with Gasteiger partial charge in [0.05, 0.1) is 11.7 Å². The van der Waals surface area contributed by atoms with E-state index >= 15 is 0 Å². The molecule has 7 heteroatoms. The lowest BCUT2D eigenvalue weighted by atomic mass is 9.94. The van der Waals surface area contributed by atoms with Crippen molar-refractivity contribution in [2.45, 2.75) is 45.9 Å². The lowest BCUT2D eigenvalue weighted by Crippen LogP contribution is -2.54. The van der Waals surface area contributed by atoms with Crippen molar-refractivity contribution in [1.82, 2.24) is 14.7 Å². The Balaban J connectivity index is 2.59. The summed E-state index contributed by atoms with van der Waals surface area (Å²) in [6, 6.07) is -0.773. The minimum Gasteiger partial charge on any atom is -0.479 e. The third kappa shape index (κ3) is 2.53. The van der Waals surface area contributed by atoms with Crippen molar-refractivity contribution in [2.24, 2.45) is 7.05 Å². The molecule has 1 N–H and O–H groups in total. The molecule has 1 aliphatic rings. The molecule has 1 aromatic rings. The number of amides is 1. The van der Waals surface area contributed by atoms with Gasteiger partial charge in [0.25, 0.3) is 0 Å². The Morgan fingerprint density at radius 1 is 1.43 bits per heavy atom. The molecule has 1 saturated heterocycles. The zero-order valence-corrected chi connectivity index (χ0v) is 13.0. The van der Waals surface area contributed by atoms with Gasteiger partial charge in [-0.05, 0) is 27.7 Å². The Bertz CT molecular complexity index is 579. The van der Waals surface area contributed by atoms with Crippen LogP contribution < -0.4 is 0 Å². The van der Waals surface area contributed by atoms with Crippen molar-refractivity contribution in [3.63, 3.8) is 0 Å². The average molecular weight is 295 g/mol. The van der Waals surface area contributed by atoms with Crippen LogP contribution in [-0.4, -0.2) is 50.4 Å². The van der Waals surface area contributed by atoms with Crippen LogP contribution in [0.4, 0.5) is 0 Å². The lowest BCUT2D eigenvalue weighted by molar-refractivity contribution is -0.175. The first kappa shape index (κ1) is 15.5. The van der Waals surface area contributed by atoms with Crippen LogP contribution in [0.3, 0.4) is 0 Å². The molecule has 116 valence electrons. The summed E-state index contributed by atoms with van der Waals surface area (Å²) >= 11 is 0. The first-order valence-electron chi connectivity index (χ1n) is 6.91. The molecular weight excluding hydrogens is 274 g/mol. The molecule has 0 aromatic carbocycles.